The molecule has 1 aromatic rings. The molecule has 4 aliphatic carbocycles. The van der Waals surface area contributed by atoms with Crippen LogP contribution in [0.15, 0.2) is 12.1 Å². The van der Waals surface area contributed by atoms with Crippen molar-refractivity contribution in [1.82, 2.24) is 0 Å². The largest absolute Gasteiger partial charge is 0.492 e. The van der Waals surface area contributed by atoms with E-state index in [2.05, 4.69) is 11.6 Å². The Bertz CT molecular complexity index is 931. The van der Waals surface area contributed by atoms with E-state index in [0.717, 1.165) is 37.7 Å². The van der Waals surface area contributed by atoms with Crippen molar-refractivity contribution in [2.45, 2.75) is 64.4 Å². The molecule has 0 radical (unpaired) electrons. The highest BCUT2D eigenvalue weighted by atomic mass is 32.2. The number of anilines is 1. The maximum atomic E-state index is 11.4. The first-order valence-electron chi connectivity index (χ1n) is 10.4. The van der Waals surface area contributed by atoms with E-state index >= 15 is 0 Å². The van der Waals surface area contributed by atoms with Crippen molar-refractivity contribution < 1.29 is 22.8 Å². The Kier molecular flexibility index (Phi) is 3.91. The van der Waals surface area contributed by atoms with Gasteiger partial charge in [-0.2, -0.15) is 8.42 Å². The summed E-state index contributed by atoms with van der Waals surface area (Å²) in [5, 5.41) is 10.7. The standard InChI is InChI=1S/C21H29NO5S/c1-3-27-18-10-15-12(8-17(18)22-28(24,25)26)4-5-16-14(15)6-7-20(2)19(23)9-13-11-21(13,16)20/h8,10,13-14,16,19,22-23H,3-7,9,11H2,1-2H3,(H,24,25,26)/t13-,14-,16-,19-,20-,21+/m1/s1. The van der Waals surface area contributed by atoms with E-state index in [1.54, 1.807) is 0 Å². The van der Waals surface area contributed by atoms with Crippen LogP contribution < -0.4 is 9.46 Å². The molecule has 0 unspecified atom stereocenters. The topological polar surface area (TPSA) is 95.9 Å². The summed E-state index contributed by atoms with van der Waals surface area (Å²) < 4.78 is 39.8. The number of hydrogen-bond acceptors (Lipinski definition) is 4. The van der Waals surface area contributed by atoms with Crippen molar-refractivity contribution in [1.29, 1.82) is 0 Å². The van der Waals surface area contributed by atoms with Gasteiger partial charge in [-0.05, 0) is 97.3 Å². The van der Waals surface area contributed by atoms with Crippen LogP contribution >= 0.6 is 0 Å². The maximum absolute atomic E-state index is 11.4. The maximum Gasteiger partial charge on any atom is 0.357 e. The number of fused-ring (bicyclic) bond motifs is 3. The Morgan fingerprint density at radius 1 is 1.32 bits per heavy atom. The summed E-state index contributed by atoms with van der Waals surface area (Å²) in [5.74, 6) is 2.15. The average Bonchev–Trinajstić information content (AvgIpc) is 3.27. The Hall–Kier alpha value is -1.31. The Morgan fingerprint density at radius 3 is 2.82 bits per heavy atom. The van der Waals surface area contributed by atoms with Gasteiger partial charge in [0.25, 0.3) is 0 Å². The van der Waals surface area contributed by atoms with E-state index in [1.165, 1.54) is 12.0 Å². The van der Waals surface area contributed by atoms with Gasteiger partial charge in [0.1, 0.15) is 5.75 Å². The molecule has 1 aromatic carbocycles. The molecule has 3 N–H and O–H groups in total. The molecular formula is C21H29NO5S. The lowest BCUT2D eigenvalue weighted by Gasteiger charge is -2.52. The van der Waals surface area contributed by atoms with Crippen LogP contribution in [0, 0.1) is 22.7 Å². The summed E-state index contributed by atoms with van der Waals surface area (Å²) in [4.78, 5) is 0. The number of aryl methyl sites for hydroxylation is 1. The number of benzene rings is 1. The van der Waals surface area contributed by atoms with E-state index in [9.17, 15) is 18.1 Å². The lowest BCUT2D eigenvalue weighted by molar-refractivity contribution is -0.0558. The lowest BCUT2D eigenvalue weighted by atomic mass is 9.52. The van der Waals surface area contributed by atoms with Gasteiger partial charge in [0.2, 0.25) is 0 Å². The molecule has 3 saturated carbocycles. The summed E-state index contributed by atoms with van der Waals surface area (Å²) in [6.45, 7) is 4.59. The van der Waals surface area contributed by atoms with Crippen LogP contribution in [0.1, 0.15) is 63.0 Å². The Balaban J connectivity index is 1.55. The second kappa shape index (κ2) is 5.86. The molecule has 154 valence electrons. The summed E-state index contributed by atoms with van der Waals surface area (Å²) in [5.41, 5.74) is 3.05. The molecule has 0 aliphatic heterocycles. The zero-order chi connectivity index (χ0) is 19.9. The van der Waals surface area contributed by atoms with Gasteiger partial charge >= 0.3 is 10.3 Å². The van der Waals surface area contributed by atoms with E-state index in [1.807, 2.05) is 19.1 Å². The molecule has 7 heteroatoms. The number of ether oxygens (including phenoxy) is 1. The minimum Gasteiger partial charge on any atom is -0.492 e. The molecule has 6 nitrogen and oxygen atoms in total. The van der Waals surface area contributed by atoms with Crippen molar-refractivity contribution in [3.05, 3.63) is 23.3 Å². The Morgan fingerprint density at radius 2 is 2.11 bits per heavy atom. The molecule has 0 saturated heterocycles. The predicted molar refractivity (Wildman–Crippen MR) is 106 cm³/mol. The van der Waals surface area contributed by atoms with Crippen molar-refractivity contribution in [3.8, 4) is 5.75 Å². The molecule has 0 aromatic heterocycles. The number of hydrogen-bond donors (Lipinski definition) is 3. The predicted octanol–water partition coefficient (Wildman–Crippen LogP) is 3.52. The highest BCUT2D eigenvalue weighted by molar-refractivity contribution is 7.87. The monoisotopic (exact) mass is 407 g/mol. The fraction of sp³-hybridized carbons (Fsp3) is 0.714. The van der Waals surface area contributed by atoms with Crippen molar-refractivity contribution in [3.63, 3.8) is 0 Å². The van der Waals surface area contributed by atoms with Crippen LogP contribution in [0.2, 0.25) is 0 Å². The molecule has 6 atom stereocenters. The van der Waals surface area contributed by atoms with E-state index in [4.69, 9.17) is 4.74 Å². The first-order valence-corrected chi connectivity index (χ1v) is 11.9. The van der Waals surface area contributed by atoms with Gasteiger partial charge in [0.15, 0.2) is 0 Å². The number of rotatable bonds is 4. The SMILES string of the molecule is CCOc1cc2c(cc1NS(=O)(=O)O)CC[C@@H]1[C@@H]2CC[C@]2(C)[C@H](O)C[C@@H]3C[C@]312. The van der Waals surface area contributed by atoms with Crippen LogP contribution in [0.4, 0.5) is 5.69 Å². The molecule has 0 amide bonds. The third-order valence-corrected chi connectivity index (χ3v) is 8.96. The molecule has 28 heavy (non-hydrogen) atoms. The molecule has 3 fully saturated rings. The zero-order valence-corrected chi connectivity index (χ0v) is 17.3. The van der Waals surface area contributed by atoms with Gasteiger partial charge in [0, 0.05) is 0 Å². The molecule has 4 aliphatic rings. The summed E-state index contributed by atoms with van der Waals surface area (Å²) in [7, 11) is -4.35. The minimum atomic E-state index is -4.35. The fourth-order valence-corrected chi connectivity index (χ4v) is 7.75. The second-order valence-electron chi connectivity index (χ2n) is 9.46. The second-order valence-corrected chi connectivity index (χ2v) is 10.6. The third-order valence-electron chi connectivity index (χ3n) is 8.49. The zero-order valence-electron chi connectivity index (χ0n) is 16.4. The molecular weight excluding hydrogens is 378 g/mol. The molecule has 5 rings (SSSR count). The number of aliphatic hydroxyl groups excluding tert-OH is 1. The van der Waals surface area contributed by atoms with Crippen LogP contribution in [0.5, 0.6) is 5.75 Å². The highest BCUT2D eigenvalue weighted by Crippen LogP contribution is 2.81. The van der Waals surface area contributed by atoms with Crippen LogP contribution in [0.25, 0.3) is 0 Å². The number of nitrogens with one attached hydrogen (secondary N) is 1. The first kappa shape index (κ1) is 18.7. The average molecular weight is 408 g/mol. The minimum absolute atomic E-state index is 0.0472. The van der Waals surface area contributed by atoms with E-state index in [0.29, 0.717) is 35.8 Å². The normalized spacial score (nSPS) is 40.7. The summed E-state index contributed by atoms with van der Waals surface area (Å²) in [6, 6.07) is 3.83. The smallest absolute Gasteiger partial charge is 0.357 e. The lowest BCUT2D eigenvalue weighted by Crippen LogP contribution is -2.47. The van der Waals surface area contributed by atoms with E-state index in [-0.39, 0.29) is 16.9 Å². The van der Waals surface area contributed by atoms with Gasteiger partial charge in [-0.3, -0.25) is 9.27 Å². The van der Waals surface area contributed by atoms with Crippen LogP contribution in [-0.2, 0) is 16.7 Å². The van der Waals surface area contributed by atoms with Gasteiger partial charge in [0.05, 0.1) is 18.4 Å². The highest BCUT2D eigenvalue weighted by Gasteiger charge is 2.76. The van der Waals surface area contributed by atoms with Gasteiger partial charge in [-0.15, -0.1) is 0 Å². The molecule has 0 heterocycles. The first-order chi connectivity index (χ1) is 13.2. The van der Waals surface area contributed by atoms with Gasteiger partial charge < -0.3 is 9.84 Å². The number of aliphatic hydroxyl groups is 1. The van der Waals surface area contributed by atoms with Crippen molar-refractivity contribution >= 4 is 16.0 Å². The quantitative estimate of drug-likeness (QED) is 0.664. The van der Waals surface area contributed by atoms with Gasteiger partial charge in [-0.25, -0.2) is 0 Å². The fourth-order valence-electron chi connectivity index (χ4n) is 7.31. The van der Waals surface area contributed by atoms with Crippen LogP contribution in [-0.4, -0.2) is 30.8 Å². The van der Waals surface area contributed by atoms with Crippen molar-refractivity contribution in [2.24, 2.45) is 22.7 Å². The summed E-state index contributed by atoms with van der Waals surface area (Å²) >= 11 is 0. The summed E-state index contributed by atoms with van der Waals surface area (Å²) in [6.07, 6.45) is 6.09. The molecule has 0 bridgehead atoms. The van der Waals surface area contributed by atoms with Crippen molar-refractivity contribution in [2.75, 3.05) is 11.3 Å². The Labute approximate surface area is 166 Å². The van der Waals surface area contributed by atoms with E-state index < -0.39 is 10.3 Å². The van der Waals surface area contributed by atoms with Gasteiger partial charge in [-0.1, -0.05) is 6.92 Å². The third kappa shape index (κ3) is 2.42. The molecule has 1 spiro atoms. The van der Waals surface area contributed by atoms with Crippen LogP contribution in [0.3, 0.4) is 0 Å².